The molecule has 0 saturated carbocycles. The van der Waals surface area contributed by atoms with Crippen molar-refractivity contribution in [3.63, 3.8) is 0 Å². The first kappa shape index (κ1) is 9.14. The molecule has 72 valence electrons. The first-order chi connectivity index (χ1) is 6.61. The van der Waals surface area contributed by atoms with Gasteiger partial charge in [0.2, 0.25) is 0 Å². The fourth-order valence-electron chi connectivity index (χ4n) is 1.42. The van der Waals surface area contributed by atoms with Gasteiger partial charge in [0.05, 0.1) is 32.3 Å². The minimum Gasteiger partial charge on any atom is -0.345 e. The highest BCUT2D eigenvalue weighted by Gasteiger charge is 2.19. The molecule has 2 rings (SSSR count). The van der Waals surface area contributed by atoms with Crippen LogP contribution in [0.3, 0.4) is 0 Å². The van der Waals surface area contributed by atoms with Crippen molar-refractivity contribution in [3.05, 3.63) is 32.5 Å². The third kappa shape index (κ3) is 1.19. The second-order valence-electron chi connectivity index (χ2n) is 2.89. The van der Waals surface area contributed by atoms with Crippen molar-refractivity contribution >= 4 is 32.7 Å². The van der Waals surface area contributed by atoms with Crippen LogP contribution in [0.5, 0.6) is 0 Å². The Morgan fingerprint density at radius 1 is 1.64 bits per heavy atom. The van der Waals surface area contributed by atoms with Crippen molar-refractivity contribution in [1.29, 1.82) is 0 Å². The van der Waals surface area contributed by atoms with Gasteiger partial charge in [-0.15, -0.1) is 0 Å². The van der Waals surface area contributed by atoms with E-state index in [-0.39, 0.29) is 5.69 Å². The van der Waals surface area contributed by atoms with Gasteiger partial charge in [-0.2, -0.15) is 0 Å². The molecule has 0 bridgehead atoms. The number of rotatable bonds is 1. The molecule has 0 radical (unpaired) electrons. The number of nitrogens with one attached hydrogen (secondary N) is 1. The minimum absolute atomic E-state index is 0.0737. The molecule has 1 aromatic heterocycles. The normalized spacial score (nSPS) is 10.7. The highest BCUT2D eigenvalue weighted by atomic mass is 79.9. The predicted octanol–water partition coefficient (Wildman–Crippen LogP) is 2.54. The van der Waals surface area contributed by atoms with E-state index >= 15 is 0 Å². The van der Waals surface area contributed by atoms with Crippen LogP contribution >= 0.6 is 15.9 Å². The molecule has 5 nitrogen and oxygen atoms in total. The summed E-state index contributed by atoms with van der Waals surface area (Å²) >= 11 is 3.16. The number of nitro benzene ring substituents is 1. The Balaban J connectivity index is 2.89. The number of aromatic nitrogens is 2. The largest absolute Gasteiger partial charge is 0.345 e. The zero-order valence-corrected chi connectivity index (χ0v) is 8.83. The van der Waals surface area contributed by atoms with Gasteiger partial charge in [0.15, 0.2) is 0 Å². The minimum atomic E-state index is -0.409. The van der Waals surface area contributed by atoms with Crippen LogP contribution in [0.2, 0.25) is 0 Å². The number of nitrogens with zero attached hydrogens (tertiary/aromatic N) is 2. The third-order valence-electron chi connectivity index (χ3n) is 2.06. The lowest BCUT2D eigenvalue weighted by molar-refractivity contribution is -0.386. The zero-order chi connectivity index (χ0) is 10.3. The SMILES string of the molecule is Cc1c([N+](=O)[O-])c(Br)cc2[nH]cnc12. The Labute approximate surface area is 87.4 Å². The zero-order valence-electron chi connectivity index (χ0n) is 7.24. The Hall–Kier alpha value is -1.43. The Bertz CT molecular complexity index is 521. The van der Waals surface area contributed by atoms with Crippen LogP contribution < -0.4 is 0 Å². The number of aromatic amines is 1. The first-order valence-electron chi connectivity index (χ1n) is 3.88. The molecular weight excluding hydrogens is 250 g/mol. The number of hydrogen-bond donors (Lipinski definition) is 1. The van der Waals surface area contributed by atoms with Crippen LogP contribution in [0.25, 0.3) is 11.0 Å². The van der Waals surface area contributed by atoms with Gasteiger partial charge < -0.3 is 4.98 Å². The number of nitro groups is 1. The molecule has 0 spiro atoms. The van der Waals surface area contributed by atoms with E-state index in [1.54, 1.807) is 13.0 Å². The molecular formula is C8H6BrN3O2. The standard InChI is InChI=1S/C8H6BrN3O2/c1-4-7-6(10-3-11-7)2-5(9)8(4)12(13)14/h2-3H,1H3,(H,10,11). The lowest BCUT2D eigenvalue weighted by atomic mass is 10.1. The Morgan fingerprint density at radius 3 is 3.00 bits per heavy atom. The molecule has 0 aliphatic rings. The van der Waals surface area contributed by atoms with Crippen LogP contribution in [0.4, 0.5) is 5.69 Å². The van der Waals surface area contributed by atoms with Crippen molar-refractivity contribution in [2.24, 2.45) is 0 Å². The number of aryl methyl sites for hydroxylation is 1. The van der Waals surface area contributed by atoms with Crippen LogP contribution in [-0.4, -0.2) is 14.9 Å². The lowest BCUT2D eigenvalue weighted by Gasteiger charge is -2.00. The third-order valence-corrected chi connectivity index (χ3v) is 2.66. The van der Waals surface area contributed by atoms with E-state index in [0.29, 0.717) is 15.6 Å². The van der Waals surface area contributed by atoms with E-state index in [1.165, 1.54) is 6.33 Å². The summed E-state index contributed by atoms with van der Waals surface area (Å²) in [6, 6.07) is 1.66. The molecule has 6 heteroatoms. The number of H-pyrrole nitrogens is 1. The van der Waals surface area contributed by atoms with Gasteiger partial charge in [0, 0.05) is 0 Å². The second kappa shape index (κ2) is 3.06. The average Bonchev–Trinajstić information content (AvgIpc) is 2.50. The fourth-order valence-corrected chi connectivity index (χ4v) is 2.09. The number of hydrogen-bond acceptors (Lipinski definition) is 3. The van der Waals surface area contributed by atoms with Gasteiger partial charge in [-0.3, -0.25) is 10.1 Å². The maximum Gasteiger partial charge on any atom is 0.288 e. The summed E-state index contributed by atoms with van der Waals surface area (Å²) in [7, 11) is 0. The topological polar surface area (TPSA) is 71.8 Å². The van der Waals surface area contributed by atoms with Crippen LogP contribution in [-0.2, 0) is 0 Å². The summed E-state index contributed by atoms with van der Waals surface area (Å²) in [6.07, 6.45) is 1.52. The van der Waals surface area contributed by atoms with E-state index in [2.05, 4.69) is 25.9 Å². The fraction of sp³-hybridized carbons (Fsp3) is 0.125. The van der Waals surface area contributed by atoms with Gasteiger partial charge in [-0.25, -0.2) is 4.98 Å². The van der Waals surface area contributed by atoms with E-state index in [1.807, 2.05) is 0 Å². The van der Waals surface area contributed by atoms with Crippen LogP contribution in [0.15, 0.2) is 16.9 Å². The summed E-state index contributed by atoms with van der Waals surface area (Å²) in [4.78, 5) is 17.3. The number of fused-ring (bicyclic) bond motifs is 1. The van der Waals surface area contributed by atoms with Gasteiger partial charge in [-0.1, -0.05) is 0 Å². The van der Waals surface area contributed by atoms with Crippen molar-refractivity contribution in [2.45, 2.75) is 6.92 Å². The molecule has 1 aromatic carbocycles. The molecule has 0 atom stereocenters. The van der Waals surface area contributed by atoms with Crippen LogP contribution in [0, 0.1) is 17.0 Å². The van der Waals surface area contributed by atoms with Gasteiger partial charge in [0.25, 0.3) is 5.69 Å². The van der Waals surface area contributed by atoms with Crippen LogP contribution in [0.1, 0.15) is 5.56 Å². The number of benzene rings is 1. The molecule has 2 aromatic rings. The molecule has 0 fully saturated rings. The molecule has 1 heterocycles. The molecule has 0 saturated heterocycles. The van der Waals surface area contributed by atoms with E-state index in [4.69, 9.17) is 0 Å². The molecule has 0 aliphatic heterocycles. The number of imidazole rings is 1. The van der Waals surface area contributed by atoms with Gasteiger partial charge >= 0.3 is 0 Å². The summed E-state index contributed by atoms with van der Waals surface area (Å²) in [6.45, 7) is 1.69. The monoisotopic (exact) mass is 255 g/mol. The summed E-state index contributed by atoms with van der Waals surface area (Å²) < 4.78 is 0.469. The maximum atomic E-state index is 10.7. The maximum absolute atomic E-state index is 10.7. The molecule has 14 heavy (non-hydrogen) atoms. The van der Waals surface area contributed by atoms with Gasteiger partial charge in [-0.05, 0) is 28.9 Å². The number of halogens is 1. The lowest BCUT2D eigenvalue weighted by Crippen LogP contribution is -1.93. The molecule has 0 unspecified atom stereocenters. The summed E-state index contributed by atoms with van der Waals surface area (Å²) in [5.74, 6) is 0. The molecule has 0 aliphatic carbocycles. The van der Waals surface area contributed by atoms with Crippen molar-refractivity contribution in [3.8, 4) is 0 Å². The predicted molar refractivity (Wildman–Crippen MR) is 55.2 cm³/mol. The smallest absolute Gasteiger partial charge is 0.288 e. The van der Waals surface area contributed by atoms with Crippen molar-refractivity contribution in [1.82, 2.24) is 9.97 Å². The second-order valence-corrected chi connectivity index (χ2v) is 3.74. The Morgan fingerprint density at radius 2 is 2.36 bits per heavy atom. The van der Waals surface area contributed by atoms with E-state index < -0.39 is 4.92 Å². The Kier molecular flexibility index (Phi) is 1.99. The highest BCUT2D eigenvalue weighted by molar-refractivity contribution is 9.10. The van der Waals surface area contributed by atoms with Crippen molar-refractivity contribution < 1.29 is 4.92 Å². The summed E-state index contributed by atoms with van der Waals surface area (Å²) in [5, 5.41) is 10.7. The van der Waals surface area contributed by atoms with Crippen molar-refractivity contribution in [2.75, 3.05) is 0 Å². The first-order valence-corrected chi connectivity index (χ1v) is 4.67. The van der Waals surface area contributed by atoms with E-state index in [9.17, 15) is 10.1 Å². The average molecular weight is 256 g/mol. The molecule has 0 amide bonds. The highest BCUT2D eigenvalue weighted by Crippen LogP contribution is 2.33. The summed E-state index contributed by atoms with van der Waals surface area (Å²) in [5.41, 5.74) is 2.07. The van der Waals surface area contributed by atoms with Gasteiger partial charge in [0.1, 0.15) is 0 Å². The van der Waals surface area contributed by atoms with E-state index in [0.717, 1.165) is 5.52 Å². The molecule has 1 N–H and O–H groups in total. The quantitative estimate of drug-likeness (QED) is 0.629.